The van der Waals surface area contributed by atoms with Crippen molar-refractivity contribution < 1.29 is 8.42 Å². The van der Waals surface area contributed by atoms with Gasteiger partial charge in [-0.25, -0.2) is 8.42 Å². The standard InChI is InChI=1S/C22H26N4O2S/c1-25-10-12-26(13-11-25)17-19-16-23-22-8-7-20(15-21(19)22)24-29(27,28)14-9-18-5-3-2-4-6-18/h2-9,14-16,23-24H,10-13,17H2,1H3. The van der Waals surface area contributed by atoms with Gasteiger partial charge in [-0.05, 0) is 42.4 Å². The summed E-state index contributed by atoms with van der Waals surface area (Å²) in [7, 11) is -1.44. The highest BCUT2D eigenvalue weighted by molar-refractivity contribution is 7.95. The Hall–Kier alpha value is -2.61. The Bertz CT molecular complexity index is 1100. The van der Waals surface area contributed by atoms with Gasteiger partial charge in [0.25, 0.3) is 10.0 Å². The van der Waals surface area contributed by atoms with Crippen molar-refractivity contribution in [2.24, 2.45) is 0 Å². The quantitative estimate of drug-likeness (QED) is 0.654. The van der Waals surface area contributed by atoms with Crippen LogP contribution in [-0.2, 0) is 16.6 Å². The average molecular weight is 411 g/mol. The molecule has 0 spiro atoms. The van der Waals surface area contributed by atoms with Gasteiger partial charge in [0.05, 0.1) is 5.41 Å². The molecule has 0 amide bonds. The summed E-state index contributed by atoms with van der Waals surface area (Å²) in [5, 5.41) is 2.26. The summed E-state index contributed by atoms with van der Waals surface area (Å²) in [5.74, 6) is 0. The molecule has 2 heterocycles. The molecule has 7 heteroatoms. The number of likely N-dealkylation sites (N-methyl/N-ethyl adjacent to an activating group) is 1. The van der Waals surface area contributed by atoms with Gasteiger partial charge < -0.3 is 9.88 Å². The number of fused-ring (bicyclic) bond motifs is 1. The topological polar surface area (TPSA) is 68.4 Å². The number of rotatable bonds is 6. The number of sulfonamides is 1. The molecule has 0 radical (unpaired) electrons. The summed E-state index contributed by atoms with van der Waals surface area (Å²) in [6, 6.07) is 15.0. The minimum Gasteiger partial charge on any atom is -0.361 e. The molecule has 29 heavy (non-hydrogen) atoms. The zero-order valence-corrected chi connectivity index (χ0v) is 17.3. The molecular weight excluding hydrogens is 384 g/mol. The lowest BCUT2D eigenvalue weighted by Gasteiger charge is -2.32. The highest BCUT2D eigenvalue weighted by Gasteiger charge is 2.16. The van der Waals surface area contributed by atoms with Crippen molar-refractivity contribution in [2.75, 3.05) is 37.9 Å². The van der Waals surface area contributed by atoms with Crippen LogP contribution in [0.4, 0.5) is 5.69 Å². The predicted octanol–water partition coefficient (Wildman–Crippen LogP) is 3.33. The molecule has 0 atom stereocenters. The Kier molecular flexibility index (Phi) is 5.71. The van der Waals surface area contributed by atoms with E-state index in [0.29, 0.717) is 5.69 Å². The lowest BCUT2D eigenvalue weighted by atomic mass is 10.1. The van der Waals surface area contributed by atoms with E-state index in [2.05, 4.69) is 26.6 Å². The Balaban J connectivity index is 1.50. The molecule has 2 N–H and O–H groups in total. The fourth-order valence-electron chi connectivity index (χ4n) is 3.55. The van der Waals surface area contributed by atoms with E-state index in [1.807, 2.05) is 48.7 Å². The molecule has 0 saturated carbocycles. The van der Waals surface area contributed by atoms with Gasteiger partial charge in [0.15, 0.2) is 0 Å². The minimum atomic E-state index is -3.59. The molecule has 1 aliphatic rings. The van der Waals surface area contributed by atoms with Crippen molar-refractivity contribution in [2.45, 2.75) is 6.54 Å². The van der Waals surface area contributed by atoms with E-state index >= 15 is 0 Å². The Morgan fingerprint density at radius 3 is 2.59 bits per heavy atom. The molecule has 1 aliphatic heterocycles. The maximum atomic E-state index is 12.5. The fourth-order valence-corrected chi connectivity index (χ4v) is 4.41. The fraction of sp³-hybridized carbons (Fsp3) is 0.273. The van der Waals surface area contributed by atoms with Crippen LogP contribution in [0.3, 0.4) is 0 Å². The summed E-state index contributed by atoms with van der Waals surface area (Å²) < 4.78 is 27.6. The monoisotopic (exact) mass is 410 g/mol. The number of anilines is 1. The van der Waals surface area contributed by atoms with Crippen LogP contribution < -0.4 is 4.72 Å². The molecule has 6 nitrogen and oxygen atoms in total. The number of benzene rings is 2. The molecule has 2 aromatic carbocycles. The molecule has 1 fully saturated rings. The molecule has 0 unspecified atom stereocenters. The second-order valence-corrected chi connectivity index (χ2v) is 9.08. The van der Waals surface area contributed by atoms with E-state index in [0.717, 1.165) is 49.2 Å². The highest BCUT2D eigenvalue weighted by Crippen LogP contribution is 2.24. The summed E-state index contributed by atoms with van der Waals surface area (Å²) >= 11 is 0. The van der Waals surface area contributed by atoms with Crippen LogP contribution >= 0.6 is 0 Å². The summed E-state index contributed by atoms with van der Waals surface area (Å²) in [6.45, 7) is 5.08. The number of H-pyrrole nitrogens is 1. The molecule has 4 rings (SSSR count). The van der Waals surface area contributed by atoms with Crippen molar-refractivity contribution in [1.82, 2.24) is 14.8 Å². The van der Waals surface area contributed by atoms with E-state index in [-0.39, 0.29) is 0 Å². The van der Waals surface area contributed by atoms with Gasteiger partial charge in [0, 0.05) is 55.5 Å². The third-order valence-corrected chi connectivity index (χ3v) is 6.27. The van der Waals surface area contributed by atoms with Crippen LogP contribution in [0.15, 0.2) is 60.1 Å². The van der Waals surface area contributed by atoms with Crippen LogP contribution in [-0.4, -0.2) is 56.4 Å². The highest BCUT2D eigenvalue weighted by atomic mass is 32.2. The zero-order valence-electron chi connectivity index (χ0n) is 16.5. The summed E-state index contributed by atoms with van der Waals surface area (Å²) in [5.41, 5.74) is 3.60. The van der Waals surface area contributed by atoms with Crippen molar-refractivity contribution in [1.29, 1.82) is 0 Å². The maximum Gasteiger partial charge on any atom is 0.255 e. The van der Waals surface area contributed by atoms with Gasteiger partial charge in [-0.3, -0.25) is 9.62 Å². The molecule has 0 aliphatic carbocycles. The van der Waals surface area contributed by atoms with Crippen molar-refractivity contribution in [3.63, 3.8) is 0 Å². The first kappa shape index (κ1) is 19.7. The average Bonchev–Trinajstić information content (AvgIpc) is 3.11. The Morgan fingerprint density at radius 1 is 1.07 bits per heavy atom. The van der Waals surface area contributed by atoms with Gasteiger partial charge in [0.1, 0.15) is 0 Å². The lowest BCUT2D eigenvalue weighted by Crippen LogP contribution is -2.43. The predicted molar refractivity (Wildman–Crippen MR) is 119 cm³/mol. The second-order valence-electron chi connectivity index (χ2n) is 7.51. The minimum absolute atomic E-state index is 0.564. The van der Waals surface area contributed by atoms with Crippen LogP contribution in [0, 0.1) is 0 Å². The van der Waals surface area contributed by atoms with E-state index in [4.69, 9.17) is 0 Å². The first-order chi connectivity index (χ1) is 14.0. The van der Waals surface area contributed by atoms with Crippen LogP contribution in [0.5, 0.6) is 0 Å². The number of nitrogens with zero attached hydrogens (tertiary/aromatic N) is 2. The van der Waals surface area contributed by atoms with Gasteiger partial charge in [-0.1, -0.05) is 30.3 Å². The van der Waals surface area contributed by atoms with Crippen molar-refractivity contribution >= 4 is 32.7 Å². The van der Waals surface area contributed by atoms with Crippen LogP contribution in [0.2, 0.25) is 0 Å². The smallest absolute Gasteiger partial charge is 0.255 e. The molecule has 0 bridgehead atoms. The number of nitrogens with one attached hydrogen (secondary N) is 2. The number of piperazine rings is 1. The molecular formula is C22H26N4O2S. The Morgan fingerprint density at radius 2 is 1.83 bits per heavy atom. The van der Waals surface area contributed by atoms with Crippen LogP contribution in [0.25, 0.3) is 17.0 Å². The molecule has 1 saturated heterocycles. The normalized spacial score (nSPS) is 16.6. The summed E-state index contributed by atoms with van der Waals surface area (Å²) in [6.07, 6.45) is 3.62. The lowest BCUT2D eigenvalue weighted by molar-refractivity contribution is 0.148. The number of aromatic nitrogens is 1. The van der Waals surface area contributed by atoms with Gasteiger partial charge in [-0.2, -0.15) is 0 Å². The third kappa shape index (κ3) is 5.06. The zero-order chi connectivity index (χ0) is 20.3. The van der Waals surface area contributed by atoms with Crippen molar-refractivity contribution in [3.8, 4) is 0 Å². The van der Waals surface area contributed by atoms with E-state index < -0.39 is 10.0 Å². The molecule has 3 aromatic rings. The second kappa shape index (κ2) is 8.41. The molecule has 1 aromatic heterocycles. The maximum absolute atomic E-state index is 12.5. The number of hydrogen-bond donors (Lipinski definition) is 2. The van der Waals surface area contributed by atoms with E-state index in [1.54, 1.807) is 12.1 Å². The van der Waals surface area contributed by atoms with Crippen molar-refractivity contribution in [3.05, 3.63) is 71.3 Å². The first-order valence-corrected chi connectivity index (χ1v) is 11.3. The SMILES string of the molecule is CN1CCN(Cc2c[nH]c3ccc(NS(=O)(=O)C=Cc4ccccc4)cc23)CC1. The number of aromatic amines is 1. The van der Waals surface area contributed by atoms with Gasteiger partial charge in [0.2, 0.25) is 0 Å². The van der Waals surface area contributed by atoms with E-state index in [9.17, 15) is 8.42 Å². The largest absolute Gasteiger partial charge is 0.361 e. The van der Waals surface area contributed by atoms with E-state index in [1.165, 1.54) is 11.0 Å². The number of hydrogen-bond acceptors (Lipinski definition) is 4. The van der Waals surface area contributed by atoms with Gasteiger partial charge in [-0.15, -0.1) is 0 Å². The van der Waals surface area contributed by atoms with Crippen LogP contribution in [0.1, 0.15) is 11.1 Å². The van der Waals surface area contributed by atoms with Gasteiger partial charge >= 0.3 is 0 Å². The summed E-state index contributed by atoms with van der Waals surface area (Å²) in [4.78, 5) is 8.06. The molecule has 152 valence electrons. The first-order valence-electron chi connectivity index (χ1n) is 9.75. The Labute approximate surface area is 171 Å². The third-order valence-electron chi connectivity index (χ3n) is 5.26.